The summed E-state index contributed by atoms with van der Waals surface area (Å²) in [6, 6.07) is 12.8. The molecule has 1 saturated carbocycles. The molecule has 0 spiro atoms. The van der Waals surface area contributed by atoms with Crippen molar-refractivity contribution in [2.24, 2.45) is 0 Å². The number of nitrogens with zero attached hydrogens (tertiary/aromatic N) is 2. The molecule has 0 saturated heterocycles. The summed E-state index contributed by atoms with van der Waals surface area (Å²) < 4.78 is 1.90. The van der Waals surface area contributed by atoms with Crippen molar-refractivity contribution in [3.8, 4) is 5.69 Å². The zero-order valence-electron chi connectivity index (χ0n) is 9.13. The SMILES string of the molecule is c1ccc(-n2ccc(NC3CCC3)n2)cc1. The molecule has 1 aliphatic carbocycles. The first-order chi connectivity index (χ1) is 7.92. The molecule has 1 aliphatic rings. The highest BCUT2D eigenvalue weighted by atomic mass is 15.3. The summed E-state index contributed by atoms with van der Waals surface area (Å²) in [6.07, 6.45) is 5.89. The van der Waals surface area contributed by atoms with E-state index >= 15 is 0 Å². The minimum absolute atomic E-state index is 0.638. The highest BCUT2D eigenvalue weighted by molar-refractivity contribution is 5.38. The van der Waals surface area contributed by atoms with Crippen molar-refractivity contribution in [1.29, 1.82) is 0 Å². The second kappa shape index (κ2) is 4.00. The second-order valence-corrected chi connectivity index (χ2v) is 4.25. The molecule has 1 aromatic heterocycles. The van der Waals surface area contributed by atoms with Crippen molar-refractivity contribution >= 4 is 5.82 Å². The maximum Gasteiger partial charge on any atom is 0.148 e. The van der Waals surface area contributed by atoms with Crippen LogP contribution in [-0.2, 0) is 0 Å². The largest absolute Gasteiger partial charge is 0.366 e. The van der Waals surface area contributed by atoms with Crippen LogP contribution in [0.5, 0.6) is 0 Å². The van der Waals surface area contributed by atoms with Gasteiger partial charge in [-0.15, -0.1) is 0 Å². The van der Waals surface area contributed by atoms with Gasteiger partial charge in [0.05, 0.1) is 5.69 Å². The number of rotatable bonds is 3. The predicted molar refractivity (Wildman–Crippen MR) is 64.8 cm³/mol. The molecule has 0 unspecified atom stereocenters. The van der Waals surface area contributed by atoms with Crippen LogP contribution in [0.15, 0.2) is 42.6 Å². The average Bonchev–Trinajstić information content (AvgIpc) is 2.73. The lowest BCUT2D eigenvalue weighted by Gasteiger charge is -2.26. The van der Waals surface area contributed by atoms with Gasteiger partial charge in [0.1, 0.15) is 5.82 Å². The van der Waals surface area contributed by atoms with E-state index in [1.807, 2.05) is 35.1 Å². The van der Waals surface area contributed by atoms with Crippen molar-refractivity contribution in [1.82, 2.24) is 9.78 Å². The van der Waals surface area contributed by atoms with E-state index in [1.165, 1.54) is 19.3 Å². The highest BCUT2D eigenvalue weighted by Gasteiger charge is 2.17. The van der Waals surface area contributed by atoms with Crippen LogP contribution < -0.4 is 5.32 Å². The second-order valence-electron chi connectivity index (χ2n) is 4.25. The molecule has 0 amide bonds. The molecule has 82 valence electrons. The number of anilines is 1. The molecular formula is C13H15N3. The van der Waals surface area contributed by atoms with Gasteiger partial charge >= 0.3 is 0 Å². The predicted octanol–water partition coefficient (Wildman–Crippen LogP) is 2.84. The summed E-state index contributed by atoms with van der Waals surface area (Å²) in [5.41, 5.74) is 1.10. The average molecular weight is 213 g/mol. The topological polar surface area (TPSA) is 29.9 Å². The molecule has 1 heterocycles. The van der Waals surface area contributed by atoms with Gasteiger partial charge in [0.25, 0.3) is 0 Å². The number of hydrogen-bond donors (Lipinski definition) is 1. The van der Waals surface area contributed by atoms with Crippen molar-refractivity contribution in [2.75, 3.05) is 5.32 Å². The molecule has 2 aromatic rings. The minimum atomic E-state index is 0.638. The summed E-state index contributed by atoms with van der Waals surface area (Å²) in [7, 11) is 0. The van der Waals surface area contributed by atoms with Crippen molar-refractivity contribution in [2.45, 2.75) is 25.3 Å². The molecule has 3 nitrogen and oxygen atoms in total. The monoisotopic (exact) mass is 213 g/mol. The maximum absolute atomic E-state index is 4.51. The van der Waals surface area contributed by atoms with E-state index in [0.717, 1.165) is 11.5 Å². The number of hydrogen-bond acceptors (Lipinski definition) is 2. The van der Waals surface area contributed by atoms with Gasteiger partial charge in [-0.1, -0.05) is 18.2 Å². The number of nitrogens with one attached hydrogen (secondary N) is 1. The fraction of sp³-hybridized carbons (Fsp3) is 0.308. The first-order valence-corrected chi connectivity index (χ1v) is 5.79. The molecule has 3 rings (SSSR count). The Morgan fingerprint density at radius 1 is 1.12 bits per heavy atom. The Hall–Kier alpha value is -1.77. The smallest absolute Gasteiger partial charge is 0.148 e. The zero-order chi connectivity index (χ0) is 10.8. The fourth-order valence-electron chi connectivity index (χ4n) is 1.89. The Bertz CT molecular complexity index is 457. The summed E-state index contributed by atoms with van der Waals surface area (Å²) in [4.78, 5) is 0. The van der Waals surface area contributed by atoms with Gasteiger partial charge in [0.2, 0.25) is 0 Å². The number of aromatic nitrogens is 2. The van der Waals surface area contributed by atoms with Crippen LogP contribution in [0.2, 0.25) is 0 Å². The Balaban J connectivity index is 1.77. The van der Waals surface area contributed by atoms with Gasteiger partial charge in [-0.25, -0.2) is 4.68 Å². The summed E-state index contributed by atoms with van der Waals surface area (Å²) in [6.45, 7) is 0. The van der Waals surface area contributed by atoms with E-state index in [2.05, 4.69) is 22.5 Å². The van der Waals surface area contributed by atoms with Crippen molar-refractivity contribution in [3.05, 3.63) is 42.6 Å². The van der Waals surface area contributed by atoms with E-state index in [0.29, 0.717) is 6.04 Å². The van der Waals surface area contributed by atoms with Gasteiger partial charge < -0.3 is 5.32 Å². The van der Waals surface area contributed by atoms with Gasteiger partial charge in [-0.3, -0.25) is 0 Å². The third kappa shape index (κ3) is 1.81. The first-order valence-electron chi connectivity index (χ1n) is 5.79. The Morgan fingerprint density at radius 3 is 2.62 bits per heavy atom. The van der Waals surface area contributed by atoms with E-state index in [9.17, 15) is 0 Å². The van der Waals surface area contributed by atoms with Crippen LogP contribution in [-0.4, -0.2) is 15.8 Å². The van der Waals surface area contributed by atoms with E-state index in [4.69, 9.17) is 0 Å². The van der Waals surface area contributed by atoms with Crippen LogP contribution >= 0.6 is 0 Å². The number of para-hydroxylation sites is 1. The van der Waals surface area contributed by atoms with Gasteiger partial charge in [0.15, 0.2) is 0 Å². The Morgan fingerprint density at radius 2 is 1.94 bits per heavy atom. The molecule has 0 aliphatic heterocycles. The van der Waals surface area contributed by atoms with Crippen LogP contribution in [0.4, 0.5) is 5.82 Å². The molecule has 0 radical (unpaired) electrons. The molecule has 0 bridgehead atoms. The maximum atomic E-state index is 4.51. The summed E-state index contributed by atoms with van der Waals surface area (Å²) in [5.74, 6) is 0.980. The third-order valence-electron chi connectivity index (χ3n) is 3.07. The Kier molecular flexibility index (Phi) is 2.37. The normalized spacial score (nSPS) is 15.8. The lowest BCUT2D eigenvalue weighted by Crippen LogP contribution is -2.27. The minimum Gasteiger partial charge on any atom is -0.366 e. The summed E-state index contributed by atoms with van der Waals surface area (Å²) >= 11 is 0. The molecule has 0 atom stereocenters. The fourth-order valence-corrected chi connectivity index (χ4v) is 1.89. The molecular weight excluding hydrogens is 198 g/mol. The zero-order valence-corrected chi connectivity index (χ0v) is 9.13. The summed E-state index contributed by atoms with van der Waals surface area (Å²) in [5, 5.41) is 7.94. The van der Waals surface area contributed by atoms with Crippen LogP contribution in [0.1, 0.15) is 19.3 Å². The van der Waals surface area contributed by atoms with E-state index in [1.54, 1.807) is 0 Å². The van der Waals surface area contributed by atoms with Gasteiger partial charge in [0, 0.05) is 18.3 Å². The van der Waals surface area contributed by atoms with E-state index < -0.39 is 0 Å². The van der Waals surface area contributed by atoms with Gasteiger partial charge in [-0.05, 0) is 31.4 Å². The van der Waals surface area contributed by atoms with Crippen LogP contribution in [0, 0.1) is 0 Å². The van der Waals surface area contributed by atoms with Crippen LogP contribution in [0.25, 0.3) is 5.69 Å². The third-order valence-corrected chi connectivity index (χ3v) is 3.07. The van der Waals surface area contributed by atoms with Crippen molar-refractivity contribution < 1.29 is 0 Å². The standard InChI is InChI=1S/C13H15N3/c1-2-7-12(8-3-1)16-10-9-13(15-16)14-11-5-4-6-11/h1-3,7-11H,4-6H2,(H,14,15). The molecule has 1 N–H and O–H groups in total. The lowest BCUT2D eigenvalue weighted by atomic mass is 9.93. The quantitative estimate of drug-likeness (QED) is 0.849. The van der Waals surface area contributed by atoms with Crippen LogP contribution in [0.3, 0.4) is 0 Å². The number of benzene rings is 1. The molecule has 16 heavy (non-hydrogen) atoms. The van der Waals surface area contributed by atoms with Crippen molar-refractivity contribution in [3.63, 3.8) is 0 Å². The molecule has 1 aromatic carbocycles. The molecule has 1 fully saturated rings. The van der Waals surface area contributed by atoms with Gasteiger partial charge in [-0.2, -0.15) is 5.10 Å². The first kappa shape index (κ1) is 9.46. The highest BCUT2D eigenvalue weighted by Crippen LogP contribution is 2.22. The van der Waals surface area contributed by atoms with E-state index in [-0.39, 0.29) is 0 Å². The lowest BCUT2D eigenvalue weighted by molar-refractivity contribution is 0.444. The Labute approximate surface area is 95.1 Å². The molecule has 3 heteroatoms.